The van der Waals surface area contributed by atoms with Gasteiger partial charge in [0.2, 0.25) is 0 Å². The quantitative estimate of drug-likeness (QED) is 0.214. The predicted molar refractivity (Wildman–Crippen MR) is 109 cm³/mol. The van der Waals surface area contributed by atoms with Gasteiger partial charge in [0.15, 0.2) is 0 Å². The molecule has 0 unspecified atom stereocenters. The summed E-state index contributed by atoms with van der Waals surface area (Å²) in [6.07, 6.45) is -3.53. The SMILES string of the molecule is N#C/C(=C\c1ccc(-c2cc(C(F)(F)F)ccc2Cl)o1)C(=O)Nc1ccccc1[N+](=O)[O-]. The number of nitriles is 1. The van der Waals surface area contributed by atoms with Gasteiger partial charge in [-0.15, -0.1) is 0 Å². The number of nitrogens with zero attached hydrogens (tertiary/aromatic N) is 2. The van der Waals surface area contributed by atoms with Crippen LogP contribution in [-0.2, 0) is 11.0 Å². The Morgan fingerprint density at radius 3 is 2.56 bits per heavy atom. The maximum atomic E-state index is 13.0. The molecular formula is C21H11ClF3N3O4. The maximum absolute atomic E-state index is 13.0. The van der Waals surface area contributed by atoms with Crippen LogP contribution in [0.15, 0.2) is 64.6 Å². The number of hydrogen-bond donors (Lipinski definition) is 1. The van der Waals surface area contributed by atoms with Crippen molar-refractivity contribution in [3.8, 4) is 17.4 Å². The Balaban J connectivity index is 1.89. The number of amides is 1. The Kier molecular flexibility index (Phi) is 6.32. The van der Waals surface area contributed by atoms with Crippen LogP contribution in [0.5, 0.6) is 0 Å². The molecule has 0 saturated carbocycles. The van der Waals surface area contributed by atoms with Gasteiger partial charge in [0.1, 0.15) is 28.9 Å². The largest absolute Gasteiger partial charge is 0.457 e. The van der Waals surface area contributed by atoms with Crippen molar-refractivity contribution in [3.63, 3.8) is 0 Å². The van der Waals surface area contributed by atoms with E-state index in [0.29, 0.717) is 0 Å². The van der Waals surface area contributed by atoms with Crippen LogP contribution in [0.3, 0.4) is 0 Å². The Morgan fingerprint density at radius 2 is 1.91 bits per heavy atom. The lowest BCUT2D eigenvalue weighted by Gasteiger charge is -2.09. The Morgan fingerprint density at radius 1 is 1.19 bits per heavy atom. The van der Waals surface area contributed by atoms with Crippen molar-refractivity contribution in [2.45, 2.75) is 6.18 Å². The number of furan rings is 1. The molecule has 2 aromatic carbocycles. The van der Waals surface area contributed by atoms with Crippen LogP contribution in [0, 0.1) is 21.4 Å². The molecule has 0 aliphatic carbocycles. The molecule has 7 nitrogen and oxygen atoms in total. The van der Waals surface area contributed by atoms with Gasteiger partial charge >= 0.3 is 6.18 Å². The van der Waals surface area contributed by atoms with Gasteiger partial charge in [-0.05, 0) is 36.4 Å². The smallest absolute Gasteiger partial charge is 0.416 e. The minimum atomic E-state index is -4.58. The molecule has 1 aromatic heterocycles. The second-order valence-corrected chi connectivity index (χ2v) is 6.70. The number of nitro groups is 1. The molecule has 3 rings (SSSR count). The summed E-state index contributed by atoms with van der Waals surface area (Å²) in [5.41, 5.74) is -1.87. The number of halogens is 4. The minimum Gasteiger partial charge on any atom is -0.457 e. The highest BCUT2D eigenvalue weighted by atomic mass is 35.5. The summed E-state index contributed by atoms with van der Waals surface area (Å²) in [4.78, 5) is 22.8. The fourth-order valence-corrected chi connectivity index (χ4v) is 2.90. The molecule has 1 heterocycles. The number of nitrogens with one attached hydrogen (secondary N) is 1. The lowest BCUT2D eigenvalue weighted by atomic mass is 10.1. The molecule has 1 N–H and O–H groups in total. The van der Waals surface area contributed by atoms with E-state index in [1.165, 1.54) is 36.4 Å². The first-order valence-electron chi connectivity index (χ1n) is 8.73. The van der Waals surface area contributed by atoms with Gasteiger partial charge in [0.25, 0.3) is 11.6 Å². The average molecular weight is 462 g/mol. The first kappa shape index (κ1) is 22.6. The zero-order chi connectivity index (χ0) is 23.5. The summed E-state index contributed by atoms with van der Waals surface area (Å²) < 4.78 is 44.4. The van der Waals surface area contributed by atoms with E-state index in [4.69, 9.17) is 16.0 Å². The molecule has 0 saturated heterocycles. The van der Waals surface area contributed by atoms with Crippen molar-refractivity contribution < 1.29 is 27.3 Å². The zero-order valence-corrected chi connectivity index (χ0v) is 16.6. The number of alkyl halides is 3. The number of benzene rings is 2. The fourth-order valence-electron chi connectivity index (χ4n) is 2.68. The number of rotatable bonds is 5. The van der Waals surface area contributed by atoms with Crippen LogP contribution >= 0.6 is 11.6 Å². The Bertz CT molecular complexity index is 1280. The van der Waals surface area contributed by atoms with E-state index >= 15 is 0 Å². The zero-order valence-electron chi connectivity index (χ0n) is 15.8. The van der Waals surface area contributed by atoms with Crippen molar-refractivity contribution in [2.75, 3.05) is 5.32 Å². The molecule has 0 fully saturated rings. The minimum absolute atomic E-state index is 0.0104. The van der Waals surface area contributed by atoms with Crippen LogP contribution in [0.25, 0.3) is 17.4 Å². The third-order valence-electron chi connectivity index (χ3n) is 4.19. The van der Waals surface area contributed by atoms with Gasteiger partial charge in [0.05, 0.1) is 15.5 Å². The monoisotopic (exact) mass is 461 g/mol. The number of nitro benzene ring substituents is 1. The number of carbonyl (C=O) groups excluding carboxylic acids is 1. The van der Waals surface area contributed by atoms with Crippen LogP contribution in [-0.4, -0.2) is 10.8 Å². The van der Waals surface area contributed by atoms with Crippen LogP contribution < -0.4 is 5.32 Å². The van der Waals surface area contributed by atoms with E-state index in [2.05, 4.69) is 5.32 Å². The molecule has 0 spiro atoms. The Hall–Kier alpha value is -4.10. The van der Waals surface area contributed by atoms with E-state index < -0.39 is 28.1 Å². The molecule has 0 bridgehead atoms. The summed E-state index contributed by atoms with van der Waals surface area (Å²) in [5.74, 6) is -0.955. The topological polar surface area (TPSA) is 109 Å². The van der Waals surface area contributed by atoms with Crippen molar-refractivity contribution in [2.24, 2.45) is 0 Å². The van der Waals surface area contributed by atoms with E-state index in [-0.39, 0.29) is 33.5 Å². The van der Waals surface area contributed by atoms with Crippen molar-refractivity contribution >= 4 is 35.0 Å². The molecule has 0 atom stereocenters. The third kappa shape index (κ3) is 4.96. The second-order valence-electron chi connectivity index (χ2n) is 6.29. The highest BCUT2D eigenvalue weighted by Gasteiger charge is 2.31. The number of carbonyl (C=O) groups is 1. The number of para-hydroxylation sites is 2. The predicted octanol–water partition coefficient (Wildman–Crippen LogP) is 6.07. The first-order valence-corrected chi connectivity index (χ1v) is 9.11. The molecule has 32 heavy (non-hydrogen) atoms. The van der Waals surface area contributed by atoms with Crippen molar-refractivity contribution in [1.82, 2.24) is 0 Å². The van der Waals surface area contributed by atoms with Crippen LogP contribution in [0.1, 0.15) is 11.3 Å². The second kappa shape index (κ2) is 8.95. The number of anilines is 1. The van der Waals surface area contributed by atoms with E-state index in [1.807, 2.05) is 0 Å². The maximum Gasteiger partial charge on any atom is 0.416 e. The van der Waals surface area contributed by atoms with Crippen molar-refractivity contribution in [3.05, 3.63) is 86.6 Å². The molecule has 1 amide bonds. The lowest BCUT2D eigenvalue weighted by Crippen LogP contribution is -2.14. The molecule has 0 aliphatic rings. The molecule has 0 radical (unpaired) electrons. The summed E-state index contributed by atoms with van der Waals surface area (Å²) in [6.45, 7) is 0. The van der Waals surface area contributed by atoms with Gasteiger partial charge in [-0.1, -0.05) is 23.7 Å². The average Bonchev–Trinajstić information content (AvgIpc) is 3.20. The molecule has 11 heteroatoms. The van der Waals surface area contributed by atoms with Gasteiger partial charge < -0.3 is 9.73 Å². The van der Waals surface area contributed by atoms with Crippen LogP contribution in [0.2, 0.25) is 5.02 Å². The van der Waals surface area contributed by atoms with Gasteiger partial charge in [-0.2, -0.15) is 18.4 Å². The number of hydrogen-bond acceptors (Lipinski definition) is 5. The fraction of sp³-hybridized carbons (Fsp3) is 0.0476. The van der Waals surface area contributed by atoms with Gasteiger partial charge in [0, 0.05) is 17.7 Å². The lowest BCUT2D eigenvalue weighted by molar-refractivity contribution is -0.383. The summed E-state index contributed by atoms with van der Waals surface area (Å²) in [6, 6.07) is 12.4. The van der Waals surface area contributed by atoms with Gasteiger partial charge in [-0.3, -0.25) is 14.9 Å². The van der Waals surface area contributed by atoms with E-state index in [0.717, 1.165) is 24.3 Å². The standard InChI is InChI=1S/C21H11ClF3N3O4/c22-16-7-5-13(21(23,24)25)10-15(16)19-8-6-14(32-19)9-12(11-26)20(29)27-17-3-1-2-4-18(17)28(30)31/h1-10H,(H,27,29)/b12-9+. The van der Waals surface area contributed by atoms with E-state index in [1.54, 1.807) is 6.07 Å². The Labute approximate surface area is 183 Å². The third-order valence-corrected chi connectivity index (χ3v) is 4.52. The molecular weight excluding hydrogens is 451 g/mol. The van der Waals surface area contributed by atoms with E-state index in [9.17, 15) is 33.3 Å². The van der Waals surface area contributed by atoms with Crippen molar-refractivity contribution in [1.29, 1.82) is 5.26 Å². The molecule has 3 aromatic rings. The summed E-state index contributed by atoms with van der Waals surface area (Å²) in [5, 5.41) is 22.7. The van der Waals surface area contributed by atoms with Crippen LogP contribution in [0.4, 0.5) is 24.5 Å². The molecule has 162 valence electrons. The highest BCUT2D eigenvalue weighted by molar-refractivity contribution is 6.33. The van der Waals surface area contributed by atoms with Gasteiger partial charge in [-0.25, -0.2) is 0 Å². The normalized spacial score (nSPS) is 11.7. The molecule has 0 aliphatic heterocycles. The highest BCUT2D eigenvalue weighted by Crippen LogP contribution is 2.36. The summed E-state index contributed by atoms with van der Waals surface area (Å²) in [7, 11) is 0. The first-order chi connectivity index (χ1) is 15.1. The summed E-state index contributed by atoms with van der Waals surface area (Å²) >= 11 is 5.99.